The van der Waals surface area contributed by atoms with Crippen molar-refractivity contribution < 1.29 is 9.84 Å². The summed E-state index contributed by atoms with van der Waals surface area (Å²) in [5.41, 5.74) is 3.43. The first-order valence-electron chi connectivity index (χ1n) is 7.95. The second-order valence-electron chi connectivity index (χ2n) is 6.13. The van der Waals surface area contributed by atoms with Gasteiger partial charge < -0.3 is 9.84 Å². The first kappa shape index (κ1) is 17.4. The molecule has 0 bridgehead atoms. The van der Waals surface area contributed by atoms with Crippen LogP contribution >= 0.6 is 0 Å². The van der Waals surface area contributed by atoms with E-state index in [0.29, 0.717) is 6.54 Å². The van der Waals surface area contributed by atoms with Gasteiger partial charge in [-0.05, 0) is 62.7 Å². The maximum absolute atomic E-state index is 10.3. The summed E-state index contributed by atoms with van der Waals surface area (Å²) < 4.78 is 5.78. The quantitative estimate of drug-likeness (QED) is 0.853. The van der Waals surface area contributed by atoms with Crippen molar-refractivity contribution in [2.45, 2.75) is 32.9 Å². The molecule has 0 aliphatic carbocycles. The Kier molecular flexibility index (Phi) is 6.13. The van der Waals surface area contributed by atoms with Crippen LogP contribution in [0.5, 0.6) is 5.75 Å². The first-order valence-corrected chi connectivity index (χ1v) is 7.95. The third kappa shape index (κ3) is 5.05. The van der Waals surface area contributed by atoms with Crippen molar-refractivity contribution >= 4 is 0 Å². The Labute approximate surface area is 138 Å². The number of hydrogen-bond donors (Lipinski definition) is 1. The number of ether oxygens (including phenoxy) is 1. The summed E-state index contributed by atoms with van der Waals surface area (Å²) in [6, 6.07) is 10.3. The van der Waals surface area contributed by atoms with Crippen molar-refractivity contribution in [1.29, 1.82) is 0 Å². The lowest BCUT2D eigenvalue weighted by Crippen LogP contribution is -2.34. The number of benzene rings is 1. The lowest BCUT2D eigenvalue weighted by molar-refractivity contribution is 0.0651. The van der Waals surface area contributed by atoms with Gasteiger partial charge in [0.15, 0.2) is 0 Å². The highest BCUT2D eigenvalue weighted by Gasteiger charge is 2.16. The molecule has 1 aromatic carbocycles. The van der Waals surface area contributed by atoms with Crippen LogP contribution in [0.3, 0.4) is 0 Å². The Hall–Kier alpha value is -1.91. The van der Waals surface area contributed by atoms with Crippen LogP contribution in [-0.2, 0) is 0 Å². The topological polar surface area (TPSA) is 45.6 Å². The second kappa shape index (κ2) is 8.09. The third-order valence-electron chi connectivity index (χ3n) is 4.12. The van der Waals surface area contributed by atoms with Crippen molar-refractivity contribution in [3.05, 3.63) is 59.4 Å². The predicted molar refractivity (Wildman–Crippen MR) is 92.7 cm³/mol. The molecule has 23 heavy (non-hydrogen) atoms. The minimum absolute atomic E-state index is 0.216. The van der Waals surface area contributed by atoms with Crippen molar-refractivity contribution in [2.75, 3.05) is 20.2 Å². The number of pyridine rings is 1. The summed E-state index contributed by atoms with van der Waals surface area (Å²) in [5.74, 6) is 0.842. The molecule has 1 heterocycles. The minimum Gasteiger partial charge on any atom is -0.491 e. The summed E-state index contributed by atoms with van der Waals surface area (Å²) in [6.45, 7) is 7.01. The van der Waals surface area contributed by atoms with Crippen LogP contribution in [0.25, 0.3) is 0 Å². The normalized spacial score (nSPS) is 13.8. The number of rotatable bonds is 7. The van der Waals surface area contributed by atoms with E-state index in [1.165, 1.54) is 5.56 Å². The third-order valence-corrected chi connectivity index (χ3v) is 4.12. The number of aliphatic hydroxyl groups is 1. The molecule has 0 saturated heterocycles. The molecule has 4 nitrogen and oxygen atoms in total. The second-order valence-corrected chi connectivity index (χ2v) is 6.13. The van der Waals surface area contributed by atoms with Crippen LogP contribution < -0.4 is 4.74 Å². The van der Waals surface area contributed by atoms with Crippen LogP contribution in [-0.4, -0.2) is 41.3 Å². The van der Waals surface area contributed by atoms with E-state index in [1.54, 1.807) is 12.4 Å². The molecule has 0 aliphatic rings. The summed E-state index contributed by atoms with van der Waals surface area (Å²) in [6.07, 6.45) is 3.05. The van der Waals surface area contributed by atoms with Crippen LogP contribution in [0.15, 0.2) is 42.7 Å². The Morgan fingerprint density at radius 2 is 1.87 bits per heavy atom. The molecule has 1 aromatic heterocycles. The number of aromatic nitrogens is 1. The van der Waals surface area contributed by atoms with Crippen molar-refractivity contribution in [2.24, 2.45) is 0 Å². The smallest absolute Gasteiger partial charge is 0.122 e. The molecular formula is C19H26N2O2. The van der Waals surface area contributed by atoms with Crippen LogP contribution in [0.4, 0.5) is 0 Å². The molecule has 4 heteroatoms. The molecule has 2 atom stereocenters. The number of nitrogens with zero attached hydrogens (tertiary/aromatic N) is 2. The molecule has 2 rings (SSSR count). The molecule has 0 aliphatic heterocycles. The molecule has 0 spiro atoms. The zero-order chi connectivity index (χ0) is 16.8. The van der Waals surface area contributed by atoms with Crippen molar-refractivity contribution in [1.82, 2.24) is 9.88 Å². The number of aryl methyl sites for hydroxylation is 2. The van der Waals surface area contributed by atoms with E-state index >= 15 is 0 Å². The molecule has 0 radical (unpaired) electrons. The lowest BCUT2D eigenvalue weighted by atomic mass is 10.1. The lowest BCUT2D eigenvalue weighted by Gasteiger charge is -2.27. The molecule has 2 unspecified atom stereocenters. The van der Waals surface area contributed by atoms with Gasteiger partial charge in [0, 0.05) is 25.0 Å². The van der Waals surface area contributed by atoms with Gasteiger partial charge >= 0.3 is 0 Å². The number of hydrogen-bond acceptors (Lipinski definition) is 4. The van der Waals surface area contributed by atoms with E-state index in [0.717, 1.165) is 16.9 Å². The summed E-state index contributed by atoms with van der Waals surface area (Å²) >= 11 is 0. The van der Waals surface area contributed by atoms with E-state index in [9.17, 15) is 5.11 Å². The van der Waals surface area contributed by atoms with Gasteiger partial charge in [0.05, 0.1) is 0 Å². The molecule has 124 valence electrons. The largest absolute Gasteiger partial charge is 0.491 e. The minimum atomic E-state index is -0.538. The summed E-state index contributed by atoms with van der Waals surface area (Å²) in [5, 5.41) is 10.3. The van der Waals surface area contributed by atoms with Gasteiger partial charge in [-0.3, -0.25) is 9.88 Å². The van der Waals surface area contributed by atoms with Gasteiger partial charge in [0.25, 0.3) is 0 Å². The van der Waals surface area contributed by atoms with E-state index in [2.05, 4.69) is 22.9 Å². The molecule has 2 aromatic rings. The Balaban J connectivity index is 1.86. The zero-order valence-electron chi connectivity index (χ0n) is 14.4. The van der Waals surface area contributed by atoms with E-state index in [4.69, 9.17) is 4.74 Å². The fourth-order valence-corrected chi connectivity index (χ4v) is 2.49. The maximum atomic E-state index is 10.3. The standard InChI is InChI=1S/C19H26N2O2/c1-14-5-6-15(2)19(11-14)23-13-18(22)12-21(4)16(3)17-7-9-20-10-8-17/h5-11,16,18,22H,12-13H2,1-4H3. The summed E-state index contributed by atoms with van der Waals surface area (Å²) in [7, 11) is 2.01. The van der Waals surface area contributed by atoms with E-state index in [1.807, 2.05) is 45.2 Å². The van der Waals surface area contributed by atoms with Gasteiger partial charge in [-0.15, -0.1) is 0 Å². The molecule has 0 saturated carbocycles. The highest BCUT2D eigenvalue weighted by molar-refractivity contribution is 5.35. The SMILES string of the molecule is Cc1ccc(C)c(OCC(O)CN(C)C(C)c2ccncc2)c1. The molecule has 0 fully saturated rings. The van der Waals surface area contributed by atoms with Crippen LogP contribution in [0.2, 0.25) is 0 Å². The van der Waals surface area contributed by atoms with Gasteiger partial charge in [0.1, 0.15) is 18.5 Å². The molecule has 0 amide bonds. The van der Waals surface area contributed by atoms with Gasteiger partial charge in [0.2, 0.25) is 0 Å². The number of aliphatic hydroxyl groups excluding tert-OH is 1. The van der Waals surface area contributed by atoms with Gasteiger partial charge in [-0.1, -0.05) is 12.1 Å². The highest BCUT2D eigenvalue weighted by atomic mass is 16.5. The maximum Gasteiger partial charge on any atom is 0.122 e. The molecule has 1 N–H and O–H groups in total. The average molecular weight is 314 g/mol. The molecular weight excluding hydrogens is 288 g/mol. The highest BCUT2D eigenvalue weighted by Crippen LogP contribution is 2.20. The van der Waals surface area contributed by atoms with Crippen LogP contribution in [0, 0.1) is 13.8 Å². The zero-order valence-corrected chi connectivity index (χ0v) is 14.4. The van der Waals surface area contributed by atoms with E-state index in [-0.39, 0.29) is 12.6 Å². The van der Waals surface area contributed by atoms with Gasteiger partial charge in [-0.2, -0.15) is 0 Å². The van der Waals surface area contributed by atoms with Crippen molar-refractivity contribution in [3.63, 3.8) is 0 Å². The number of likely N-dealkylation sites (N-methyl/N-ethyl adjacent to an activating group) is 1. The van der Waals surface area contributed by atoms with Gasteiger partial charge in [-0.25, -0.2) is 0 Å². The first-order chi connectivity index (χ1) is 11.0. The fraction of sp³-hybridized carbons (Fsp3) is 0.421. The van der Waals surface area contributed by atoms with Crippen molar-refractivity contribution in [3.8, 4) is 5.75 Å². The van der Waals surface area contributed by atoms with Crippen LogP contribution in [0.1, 0.15) is 29.7 Å². The Morgan fingerprint density at radius 3 is 2.57 bits per heavy atom. The fourth-order valence-electron chi connectivity index (χ4n) is 2.49. The summed E-state index contributed by atoms with van der Waals surface area (Å²) in [4.78, 5) is 6.16. The Morgan fingerprint density at radius 1 is 1.17 bits per heavy atom. The monoisotopic (exact) mass is 314 g/mol. The predicted octanol–water partition coefficient (Wildman–Crippen LogP) is 3.13. The van der Waals surface area contributed by atoms with E-state index < -0.39 is 6.10 Å². The average Bonchev–Trinajstić information content (AvgIpc) is 2.55. The Bertz CT molecular complexity index is 616.